The van der Waals surface area contributed by atoms with E-state index in [1.165, 1.54) is 0 Å². The van der Waals surface area contributed by atoms with E-state index < -0.39 is 6.10 Å². The largest absolute Gasteiger partial charge is 0.452 e. The SMILES string of the molecule is Cn1c(C(=O)OC(Cc2ccccc2)c2cccnc2)cc2ccccc21. The van der Waals surface area contributed by atoms with E-state index in [0.717, 1.165) is 22.0 Å². The third-order valence-electron chi connectivity index (χ3n) is 4.73. The maximum atomic E-state index is 12.9. The molecule has 0 amide bonds. The lowest BCUT2D eigenvalue weighted by Crippen LogP contribution is -2.16. The van der Waals surface area contributed by atoms with Gasteiger partial charge in [-0.3, -0.25) is 4.98 Å². The number of carbonyl (C=O) groups excluding carboxylic acids is 1. The summed E-state index contributed by atoms with van der Waals surface area (Å²) in [5.74, 6) is -0.335. The summed E-state index contributed by atoms with van der Waals surface area (Å²) in [6, 6.07) is 23.6. The number of ether oxygens (including phenoxy) is 1. The van der Waals surface area contributed by atoms with Gasteiger partial charge in [-0.1, -0.05) is 54.6 Å². The predicted molar refractivity (Wildman–Crippen MR) is 105 cm³/mol. The normalized spacial score (nSPS) is 12.0. The second-order valence-electron chi connectivity index (χ2n) is 6.52. The monoisotopic (exact) mass is 356 g/mol. The molecule has 4 nitrogen and oxygen atoms in total. The molecule has 4 rings (SSSR count). The molecule has 27 heavy (non-hydrogen) atoms. The molecular formula is C23H20N2O2. The molecule has 0 saturated carbocycles. The summed E-state index contributed by atoms with van der Waals surface area (Å²) < 4.78 is 7.81. The number of pyridine rings is 1. The van der Waals surface area contributed by atoms with E-state index in [0.29, 0.717) is 12.1 Å². The first-order chi connectivity index (χ1) is 13.2. The van der Waals surface area contributed by atoms with Gasteiger partial charge in [-0.25, -0.2) is 4.79 Å². The highest BCUT2D eigenvalue weighted by atomic mass is 16.5. The number of para-hydroxylation sites is 1. The van der Waals surface area contributed by atoms with Crippen LogP contribution in [-0.2, 0) is 18.2 Å². The first-order valence-corrected chi connectivity index (χ1v) is 8.91. The van der Waals surface area contributed by atoms with Crippen molar-refractivity contribution < 1.29 is 9.53 Å². The number of carbonyl (C=O) groups is 1. The average Bonchev–Trinajstić information content (AvgIpc) is 3.06. The third-order valence-corrected chi connectivity index (χ3v) is 4.73. The van der Waals surface area contributed by atoms with Crippen LogP contribution in [0.5, 0.6) is 0 Å². The van der Waals surface area contributed by atoms with Crippen LogP contribution in [0.25, 0.3) is 10.9 Å². The van der Waals surface area contributed by atoms with Gasteiger partial charge in [0.25, 0.3) is 0 Å². The molecule has 0 aliphatic heterocycles. The standard InChI is InChI=1S/C23H20N2O2/c1-25-20-12-6-5-10-18(20)15-21(25)23(26)27-22(19-11-7-13-24-16-19)14-17-8-3-2-4-9-17/h2-13,15-16,22H,14H2,1H3. The van der Waals surface area contributed by atoms with Crippen LogP contribution in [0.15, 0.2) is 85.2 Å². The number of esters is 1. The van der Waals surface area contributed by atoms with E-state index in [-0.39, 0.29) is 5.97 Å². The van der Waals surface area contributed by atoms with Gasteiger partial charge in [-0.15, -0.1) is 0 Å². The molecule has 0 aliphatic carbocycles. The highest BCUT2D eigenvalue weighted by molar-refractivity contribution is 5.95. The summed E-state index contributed by atoms with van der Waals surface area (Å²) in [5, 5.41) is 1.02. The van der Waals surface area contributed by atoms with Crippen molar-refractivity contribution in [1.29, 1.82) is 0 Å². The van der Waals surface area contributed by atoms with Gasteiger partial charge in [-0.2, -0.15) is 0 Å². The number of aryl methyl sites for hydroxylation is 1. The van der Waals surface area contributed by atoms with Gasteiger partial charge in [0.05, 0.1) is 0 Å². The molecule has 4 heteroatoms. The van der Waals surface area contributed by atoms with Crippen molar-refractivity contribution in [3.05, 3.63) is 102 Å². The first kappa shape index (κ1) is 17.0. The van der Waals surface area contributed by atoms with E-state index in [9.17, 15) is 4.79 Å². The highest BCUT2D eigenvalue weighted by Gasteiger charge is 2.21. The Morgan fingerprint density at radius 1 is 1.04 bits per heavy atom. The molecule has 1 atom stereocenters. The quantitative estimate of drug-likeness (QED) is 0.486. The Balaban J connectivity index is 1.64. The van der Waals surface area contributed by atoms with E-state index in [1.807, 2.05) is 84.4 Å². The zero-order valence-corrected chi connectivity index (χ0v) is 15.1. The van der Waals surface area contributed by atoms with Crippen molar-refractivity contribution in [2.75, 3.05) is 0 Å². The molecule has 0 bridgehead atoms. The van der Waals surface area contributed by atoms with E-state index in [1.54, 1.807) is 12.4 Å². The number of benzene rings is 2. The molecule has 1 unspecified atom stereocenters. The van der Waals surface area contributed by atoms with E-state index >= 15 is 0 Å². The molecule has 2 aromatic heterocycles. The molecule has 0 saturated heterocycles. The van der Waals surface area contributed by atoms with Crippen molar-refractivity contribution in [2.24, 2.45) is 7.05 Å². The van der Waals surface area contributed by atoms with Gasteiger partial charge in [0.1, 0.15) is 11.8 Å². The van der Waals surface area contributed by atoms with Gasteiger partial charge in [0, 0.05) is 42.3 Å². The fourth-order valence-corrected chi connectivity index (χ4v) is 3.30. The number of fused-ring (bicyclic) bond motifs is 1. The maximum absolute atomic E-state index is 12.9. The third kappa shape index (κ3) is 3.60. The van der Waals surface area contributed by atoms with Gasteiger partial charge >= 0.3 is 5.97 Å². The zero-order valence-electron chi connectivity index (χ0n) is 15.1. The number of aromatic nitrogens is 2. The first-order valence-electron chi connectivity index (χ1n) is 8.91. The smallest absolute Gasteiger partial charge is 0.355 e. The molecule has 2 heterocycles. The van der Waals surface area contributed by atoms with Crippen molar-refractivity contribution in [3.8, 4) is 0 Å². The van der Waals surface area contributed by atoms with Crippen LogP contribution < -0.4 is 0 Å². The number of nitrogens with zero attached hydrogens (tertiary/aromatic N) is 2. The molecule has 0 fully saturated rings. The molecule has 2 aromatic carbocycles. The summed E-state index contributed by atoms with van der Waals surface area (Å²) in [5.41, 5.74) is 3.54. The van der Waals surface area contributed by atoms with Crippen LogP contribution in [0, 0.1) is 0 Å². The lowest BCUT2D eigenvalue weighted by atomic mass is 10.0. The summed E-state index contributed by atoms with van der Waals surface area (Å²) >= 11 is 0. The van der Waals surface area contributed by atoms with Crippen molar-refractivity contribution in [3.63, 3.8) is 0 Å². The minimum Gasteiger partial charge on any atom is -0.452 e. The van der Waals surface area contributed by atoms with Gasteiger partial charge in [-0.05, 0) is 23.8 Å². The van der Waals surface area contributed by atoms with Crippen LogP contribution in [0.1, 0.15) is 27.7 Å². The van der Waals surface area contributed by atoms with Gasteiger partial charge < -0.3 is 9.30 Å². The fourth-order valence-electron chi connectivity index (χ4n) is 3.30. The maximum Gasteiger partial charge on any atom is 0.355 e. The predicted octanol–water partition coefficient (Wildman–Crippen LogP) is 4.71. The second-order valence-corrected chi connectivity index (χ2v) is 6.52. The molecule has 0 radical (unpaired) electrons. The Labute approximate surface area is 158 Å². The number of hydrogen-bond donors (Lipinski definition) is 0. The molecule has 4 aromatic rings. The highest BCUT2D eigenvalue weighted by Crippen LogP contribution is 2.25. The van der Waals surface area contributed by atoms with Crippen molar-refractivity contribution >= 4 is 16.9 Å². The zero-order chi connectivity index (χ0) is 18.6. The Morgan fingerprint density at radius 3 is 2.56 bits per heavy atom. The van der Waals surface area contributed by atoms with Crippen LogP contribution in [0.3, 0.4) is 0 Å². The lowest BCUT2D eigenvalue weighted by Gasteiger charge is -2.18. The van der Waals surface area contributed by atoms with Crippen LogP contribution in [0.4, 0.5) is 0 Å². The summed E-state index contributed by atoms with van der Waals surface area (Å²) in [7, 11) is 1.88. The Bertz CT molecular complexity index is 1060. The molecule has 0 spiro atoms. The topological polar surface area (TPSA) is 44.1 Å². The second kappa shape index (κ2) is 7.46. The van der Waals surface area contributed by atoms with E-state index in [2.05, 4.69) is 4.98 Å². The lowest BCUT2D eigenvalue weighted by molar-refractivity contribution is 0.0286. The van der Waals surface area contributed by atoms with Crippen LogP contribution >= 0.6 is 0 Å². The minimum atomic E-state index is -0.397. The Kier molecular flexibility index (Phi) is 4.71. The van der Waals surface area contributed by atoms with Crippen LogP contribution in [-0.4, -0.2) is 15.5 Å². The summed E-state index contributed by atoms with van der Waals surface area (Å²) in [6.07, 6.45) is 3.67. The van der Waals surface area contributed by atoms with Crippen molar-refractivity contribution in [2.45, 2.75) is 12.5 Å². The summed E-state index contributed by atoms with van der Waals surface area (Å²) in [4.78, 5) is 17.1. The van der Waals surface area contributed by atoms with Crippen LogP contribution in [0.2, 0.25) is 0 Å². The Hall–Kier alpha value is -3.40. The average molecular weight is 356 g/mol. The van der Waals surface area contributed by atoms with Gasteiger partial charge in [0.15, 0.2) is 0 Å². The molecular weight excluding hydrogens is 336 g/mol. The Morgan fingerprint density at radius 2 is 1.81 bits per heavy atom. The number of rotatable bonds is 5. The number of hydrogen-bond acceptors (Lipinski definition) is 3. The molecule has 134 valence electrons. The van der Waals surface area contributed by atoms with Gasteiger partial charge in [0.2, 0.25) is 0 Å². The summed E-state index contributed by atoms with van der Waals surface area (Å²) in [6.45, 7) is 0. The minimum absolute atomic E-state index is 0.335. The van der Waals surface area contributed by atoms with E-state index in [4.69, 9.17) is 4.74 Å². The van der Waals surface area contributed by atoms with Crippen molar-refractivity contribution in [1.82, 2.24) is 9.55 Å². The fraction of sp³-hybridized carbons (Fsp3) is 0.130. The molecule has 0 aliphatic rings. The molecule has 0 N–H and O–H groups in total.